The highest BCUT2D eigenvalue weighted by atomic mass is 32.2. The molecule has 0 amide bonds. The maximum Gasteiger partial charge on any atom is 0.188 e. The van der Waals surface area contributed by atoms with Crippen LogP contribution in [0.2, 0.25) is 0 Å². The predicted octanol–water partition coefficient (Wildman–Crippen LogP) is 3.01. The molecule has 94 valence electrons. The molecule has 0 saturated heterocycles. The van der Waals surface area contributed by atoms with E-state index < -0.39 is 10.0 Å². The van der Waals surface area contributed by atoms with Crippen molar-refractivity contribution < 1.29 is 8.76 Å². The van der Waals surface area contributed by atoms with Crippen LogP contribution in [0.3, 0.4) is 0 Å². The Hall–Kier alpha value is -1.07. The minimum atomic E-state index is -3.63. The average molecular weight is 254 g/mol. The van der Waals surface area contributed by atoms with Crippen LogP contribution in [0.25, 0.3) is 0 Å². The second-order valence-electron chi connectivity index (χ2n) is 4.54. The molecular formula is C12H18N2O2S. The third-order valence-corrected chi connectivity index (χ3v) is 4.17. The van der Waals surface area contributed by atoms with Gasteiger partial charge in [0.25, 0.3) is 0 Å². The van der Waals surface area contributed by atoms with Gasteiger partial charge in [-0.2, -0.15) is 0 Å². The molecule has 0 fully saturated rings. The van der Waals surface area contributed by atoms with E-state index in [0.717, 1.165) is 37.1 Å². The van der Waals surface area contributed by atoms with E-state index in [1.165, 1.54) is 12.0 Å². The van der Waals surface area contributed by atoms with E-state index >= 15 is 0 Å². The molecule has 4 nitrogen and oxygen atoms in total. The number of anilines is 1. The third kappa shape index (κ3) is 2.79. The quantitative estimate of drug-likeness (QED) is 0.721. The molecule has 0 bridgehead atoms. The van der Waals surface area contributed by atoms with E-state index in [1.54, 1.807) is 13.0 Å². The van der Waals surface area contributed by atoms with Crippen LogP contribution < -0.4 is 5.32 Å². The number of benzene rings is 1. The zero-order valence-corrected chi connectivity index (χ0v) is 10.8. The monoisotopic (exact) mass is 254 g/mol. The summed E-state index contributed by atoms with van der Waals surface area (Å²) in [5, 5.41) is 3.28. The van der Waals surface area contributed by atoms with Crippen LogP contribution in [0.1, 0.15) is 30.4 Å². The summed E-state index contributed by atoms with van der Waals surface area (Å²) in [5.74, 6) is 0. The van der Waals surface area contributed by atoms with E-state index in [1.807, 2.05) is 6.07 Å². The van der Waals surface area contributed by atoms with Gasteiger partial charge in [-0.25, -0.2) is 8.99 Å². The summed E-state index contributed by atoms with van der Waals surface area (Å²) in [6.07, 6.45) is 4.48. The molecule has 2 rings (SSSR count). The van der Waals surface area contributed by atoms with E-state index in [2.05, 4.69) is 5.32 Å². The predicted molar refractivity (Wildman–Crippen MR) is 69.0 cm³/mol. The molecule has 0 saturated carbocycles. The van der Waals surface area contributed by atoms with E-state index in [0.29, 0.717) is 0 Å². The topological polar surface area (TPSA) is 73.2 Å². The van der Waals surface area contributed by atoms with Gasteiger partial charge in [-0.3, -0.25) is 4.55 Å². The zero-order chi connectivity index (χ0) is 12.5. The molecule has 1 aromatic carbocycles. The van der Waals surface area contributed by atoms with Gasteiger partial charge in [0, 0.05) is 12.2 Å². The van der Waals surface area contributed by atoms with Crippen LogP contribution in [0.15, 0.2) is 17.0 Å². The highest BCUT2D eigenvalue weighted by Gasteiger charge is 2.14. The van der Waals surface area contributed by atoms with Crippen molar-refractivity contribution >= 4 is 15.7 Å². The van der Waals surface area contributed by atoms with E-state index in [4.69, 9.17) is 4.78 Å². The number of rotatable bonds is 1. The van der Waals surface area contributed by atoms with E-state index in [9.17, 15) is 8.76 Å². The summed E-state index contributed by atoms with van der Waals surface area (Å²) in [6, 6.07) is 3.61. The summed E-state index contributed by atoms with van der Waals surface area (Å²) in [7, 11) is -3.63. The van der Waals surface area contributed by atoms with Crippen LogP contribution in [-0.4, -0.2) is 15.3 Å². The molecule has 0 spiro atoms. The molecule has 17 heavy (non-hydrogen) atoms. The lowest BCUT2D eigenvalue weighted by atomic mass is 10.0. The first-order valence-corrected chi connectivity index (χ1v) is 7.38. The second kappa shape index (κ2) is 4.66. The van der Waals surface area contributed by atoms with Gasteiger partial charge < -0.3 is 5.32 Å². The fourth-order valence-corrected chi connectivity index (χ4v) is 3.03. The molecule has 1 heterocycles. The zero-order valence-electron chi connectivity index (χ0n) is 9.95. The van der Waals surface area contributed by atoms with Crippen molar-refractivity contribution in [3.63, 3.8) is 0 Å². The van der Waals surface area contributed by atoms with Crippen LogP contribution >= 0.6 is 0 Å². The van der Waals surface area contributed by atoms with Gasteiger partial charge in [0.05, 0.1) is 4.90 Å². The highest BCUT2D eigenvalue weighted by Crippen LogP contribution is 2.27. The lowest BCUT2D eigenvalue weighted by Gasteiger charge is -2.18. The smallest absolute Gasteiger partial charge is 0.188 e. The van der Waals surface area contributed by atoms with Gasteiger partial charge in [0.15, 0.2) is 10.0 Å². The Morgan fingerprint density at radius 3 is 2.82 bits per heavy atom. The maximum absolute atomic E-state index is 11.4. The van der Waals surface area contributed by atoms with Crippen molar-refractivity contribution in [2.24, 2.45) is 0 Å². The van der Waals surface area contributed by atoms with Crippen LogP contribution in [0.4, 0.5) is 5.69 Å². The number of nitrogens with one attached hydrogen (secondary N) is 2. The first-order valence-electron chi connectivity index (χ1n) is 5.87. The molecule has 1 unspecified atom stereocenters. The van der Waals surface area contributed by atoms with Crippen molar-refractivity contribution in [1.29, 1.82) is 4.78 Å². The molecule has 0 aliphatic carbocycles. The summed E-state index contributed by atoms with van der Waals surface area (Å²) < 4.78 is 28.1. The van der Waals surface area contributed by atoms with Crippen LogP contribution in [-0.2, 0) is 16.4 Å². The van der Waals surface area contributed by atoms with Crippen molar-refractivity contribution in [3.8, 4) is 0 Å². The lowest BCUT2D eigenvalue weighted by Crippen LogP contribution is -2.10. The average Bonchev–Trinajstić information content (AvgIpc) is 2.18. The molecule has 1 atom stereocenters. The van der Waals surface area contributed by atoms with Gasteiger partial charge in [-0.05, 0) is 43.4 Å². The van der Waals surface area contributed by atoms with Crippen molar-refractivity contribution in [2.45, 2.75) is 37.5 Å². The Balaban J connectivity index is 2.50. The first-order chi connectivity index (χ1) is 7.98. The van der Waals surface area contributed by atoms with Gasteiger partial charge in [-0.15, -0.1) is 0 Å². The fourth-order valence-electron chi connectivity index (χ4n) is 2.26. The van der Waals surface area contributed by atoms with Crippen molar-refractivity contribution in [1.82, 2.24) is 0 Å². The molecule has 0 radical (unpaired) electrons. The highest BCUT2D eigenvalue weighted by molar-refractivity contribution is 7.87. The molecule has 3 N–H and O–H groups in total. The molecule has 1 aliphatic heterocycles. The van der Waals surface area contributed by atoms with Gasteiger partial charge in [0.2, 0.25) is 0 Å². The summed E-state index contributed by atoms with van der Waals surface area (Å²) in [6.45, 7) is 2.68. The minimum Gasteiger partial charge on any atom is -0.385 e. The Kier molecular flexibility index (Phi) is 3.40. The molecule has 1 aromatic rings. The Morgan fingerprint density at radius 1 is 1.35 bits per heavy atom. The summed E-state index contributed by atoms with van der Waals surface area (Å²) in [5.41, 5.74) is 2.84. The SMILES string of the molecule is Cc1cc2c(cc1S(=N)(=O)O)NCCCCC2. The Bertz CT molecular complexity index is 524. The first kappa shape index (κ1) is 12.4. The number of aryl methyl sites for hydroxylation is 2. The third-order valence-electron chi connectivity index (χ3n) is 3.14. The molecule has 1 aliphatic rings. The number of hydrogen-bond donors (Lipinski definition) is 3. The normalized spacial score (nSPS) is 19.4. The second-order valence-corrected chi connectivity index (χ2v) is 6.03. The Labute approximate surface area is 102 Å². The van der Waals surface area contributed by atoms with Crippen molar-refractivity contribution in [2.75, 3.05) is 11.9 Å². The largest absolute Gasteiger partial charge is 0.385 e. The molecular weight excluding hydrogens is 236 g/mol. The minimum absolute atomic E-state index is 0.226. The van der Waals surface area contributed by atoms with Gasteiger partial charge in [0.1, 0.15) is 0 Å². The maximum atomic E-state index is 11.4. The van der Waals surface area contributed by atoms with Gasteiger partial charge >= 0.3 is 0 Å². The standard InChI is InChI=1S/C12H18N2O2S/c1-9-7-10-5-3-2-4-6-14-11(10)8-12(9)17(13,15)16/h7-8,14H,2-6H2,1H3,(H2,13,15,16). The van der Waals surface area contributed by atoms with Gasteiger partial charge in [-0.1, -0.05) is 12.5 Å². The van der Waals surface area contributed by atoms with Crippen LogP contribution in [0, 0.1) is 11.7 Å². The molecule has 0 aromatic heterocycles. The number of fused-ring (bicyclic) bond motifs is 1. The molecule has 5 heteroatoms. The van der Waals surface area contributed by atoms with E-state index in [-0.39, 0.29) is 4.90 Å². The van der Waals surface area contributed by atoms with Crippen molar-refractivity contribution in [3.05, 3.63) is 23.3 Å². The lowest BCUT2D eigenvalue weighted by molar-refractivity contribution is 0.547. The Morgan fingerprint density at radius 2 is 2.12 bits per heavy atom. The summed E-state index contributed by atoms with van der Waals surface area (Å²) in [4.78, 5) is 0.226. The number of hydrogen-bond acceptors (Lipinski definition) is 3. The van der Waals surface area contributed by atoms with Crippen LogP contribution in [0.5, 0.6) is 0 Å². The summed E-state index contributed by atoms with van der Waals surface area (Å²) >= 11 is 0. The fraction of sp³-hybridized carbons (Fsp3) is 0.500.